The maximum atomic E-state index is 13.7. The van der Waals surface area contributed by atoms with Crippen LogP contribution in [0.1, 0.15) is 45.2 Å². The van der Waals surface area contributed by atoms with E-state index in [2.05, 4.69) is 5.32 Å². The molecule has 0 radical (unpaired) electrons. The molecule has 2 aromatic carbocycles. The van der Waals surface area contributed by atoms with Crippen LogP contribution in [0.5, 0.6) is 0 Å². The van der Waals surface area contributed by atoms with Crippen molar-refractivity contribution in [3.8, 4) is 0 Å². The predicted molar refractivity (Wildman–Crippen MR) is 117 cm³/mol. The van der Waals surface area contributed by atoms with Crippen LogP contribution in [0, 0.1) is 6.92 Å². The number of aryl methyl sites for hydroxylation is 1. The number of hydrogen-bond donors (Lipinski definition) is 1. The molecule has 6 heteroatoms. The number of nitrogens with one attached hydrogen (secondary N) is 1. The largest absolute Gasteiger partial charge is 0.444 e. The van der Waals surface area contributed by atoms with Gasteiger partial charge in [0.05, 0.1) is 5.69 Å². The van der Waals surface area contributed by atoms with Crippen LogP contribution in [-0.4, -0.2) is 24.1 Å². The Labute approximate surface area is 176 Å². The van der Waals surface area contributed by atoms with Gasteiger partial charge < -0.3 is 9.64 Å². The number of alkyl carbamates (subject to hydrolysis) is 1. The lowest BCUT2D eigenvalue weighted by Gasteiger charge is -2.31. The van der Waals surface area contributed by atoms with E-state index in [9.17, 15) is 9.59 Å². The molecule has 29 heavy (non-hydrogen) atoms. The predicted octanol–water partition coefficient (Wildman–Crippen LogP) is 5.22. The van der Waals surface area contributed by atoms with E-state index < -0.39 is 16.6 Å². The summed E-state index contributed by atoms with van der Waals surface area (Å²) in [6.07, 6.45) is 0.205. The van der Waals surface area contributed by atoms with Crippen molar-refractivity contribution in [1.29, 1.82) is 0 Å². The molecule has 2 amide bonds. The van der Waals surface area contributed by atoms with Gasteiger partial charge in [0, 0.05) is 17.0 Å². The standard InChI is InChI=1S/C23H28N2O3S/c1-6-15-25-19-10-8-7-9-18(19)23(20(25)26,24-21(27)28-22(3,4)5)29-17-13-11-16(2)12-14-17/h7-14H,6,15H2,1-5H3,(H,24,27). The summed E-state index contributed by atoms with van der Waals surface area (Å²) >= 11 is 1.34. The van der Waals surface area contributed by atoms with Crippen LogP contribution in [0.15, 0.2) is 53.4 Å². The van der Waals surface area contributed by atoms with Gasteiger partial charge in [-0.3, -0.25) is 10.1 Å². The number of carbonyl (C=O) groups is 2. The highest BCUT2D eigenvalue weighted by molar-refractivity contribution is 8.01. The van der Waals surface area contributed by atoms with Gasteiger partial charge in [-0.2, -0.15) is 0 Å². The first-order valence-electron chi connectivity index (χ1n) is 9.84. The summed E-state index contributed by atoms with van der Waals surface area (Å²) in [6, 6.07) is 15.6. The van der Waals surface area contributed by atoms with Crippen LogP contribution in [0.4, 0.5) is 10.5 Å². The number of ether oxygens (including phenoxy) is 1. The van der Waals surface area contributed by atoms with Gasteiger partial charge in [0.15, 0.2) is 0 Å². The minimum Gasteiger partial charge on any atom is -0.444 e. The third kappa shape index (κ3) is 4.42. The van der Waals surface area contributed by atoms with Crippen molar-refractivity contribution in [1.82, 2.24) is 5.32 Å². The summed E-state index contributed by atoms with van der Waals surface area (Å²) in [5, 5.41) is 2.92. The molecule has 0 fully saturated rings. The van der Waals surface area contributed by atoms with Crippen molar-refractivity contribution < 1.29 is 14.3 Å². The molecule has 0 saturated carbocycles. The summed E-state index contributed by atoms with van der Waals surface area (Å²) in [5.41, 5.74) is 2.07. The highest BCUT2D eigenvalue weighted by Gasteiger charge is 2.53. The Morgan fingerprint density at radius 2 is 1.79 bits per heavy atom. The molecule has 0 spiro atoms. The Morgan fingerprint density at radius 3 is 2.41 bits per heavy atom. The zero-order valence-corrected chi connectivity index (χ0v) is 18.4. The van der Waals surface area contributed by atoms with Crippen molar-refractivity contribution in [2.75, 3.05) is 11.4 Å². The molecule has 0 saturated heterocycles. The Kier molecular flexibility index (Phi) is 5.94. The highest BCUT2D eigenvalue weighted by atomic mass is 32.2. The zero-order chi connectivity index (χ0) is 21.2. The van der Waals surface area contributed by atoms with E-state index in [0.717, 1.165) is 28.1 Å². The van der Waals surface area contributed by atoms with E-state index in [0.29, 0.717) is 6.54 Å². The third-order valence-corrected chi connectivity index (χ3v) is 5.85. The van der Waals surface area contributed by atoms with E-state index in [1.807, 2.05) is 62.4 Å². The second-order valence-corrected chi connectivity index (χ2v) is 9.49. The number of fused-ring (bicyclic) bond motifs is 1. The maximum absolute atomic E-state index is 13.7. The fourth-order valence-electron chi connectivity index (χ4n) is 3.34. The minimum absolute atomic E-state index is 0.156. The summed E-state index contributed by atoms with van der Waals surface area (Å²) in [7, 11) is 0. The van der Waals surface area contributed by atoms with Gasteiger partial charge in [-0.05, 0) is 52.3 Å². The van der Waals surface area contributed by atoms with E-state index in [1.54, 1.807) is 25.7 Å². The second kappa shape index (κ2) is 8.11. The number of para-hydroxylation sites is 1. The summed E-state index contributed by atoms with van der Waals surface area (Å²) in [5.74, 6) is -0.156. The smallest absolute Gasteiger partial charge is 0.409 e. The average molecular weight is 413 g/mol. The number of benzene rings is 2. The van der Waals surface area contributed by atoms with Gasteiger partial charge in [-0.25, -0.2) is 4.79 Å². The number of thioether (sulfide) groups is 1. The van der Waals surface area contributed by atoms with Crippen LogP contribution in [0.2, 0.25) is 0 Å². The highest BCUT2D eigenvalue weighted by Crippen LogP contribution is 2.50. The molecule has 1 aliphatic rings. The van der Waals surface area contributed by atoms with Gasteiger partial charge in [-0.15, -0.1) is 0 Å². The Morgan fingerprint density at radius 1 is 1.14 bits per heavy atom. The monoisotopic (exact) mass is 412 g/mol. The van der Waals surface area contributed by atoms with E-state index in [4.69, 9.17) is 4.74 Å². The molecule has 1 N–H and O–H groups in total. The quantitative estimate of drug-likeness (QED) is 0.684. The molecular weight excluding hydrogens is 384 g/mol. The first-order valence-corrected chi connectivity index (χ1v) is 10.7. The first-order chi connectivity index (χ1) is 13.7. The number of rotatable bonds is 5. The SMILES string of the molecule is CCCN1C(=O)C(NC(=O)OC(C)(C)C)(Sc2ccc(C)cc2)c2ccccc21. The Hall–Kier alpha value is -2.47. The van der Waals surface area contributed by atoms with Crippen molar-refractivity contribution in [2.45, 2.75) is 56.4 Å². The molecule has 0 aromatic heterocycles. The van der Waals surface area contributed by atoms with Crippen molar-refractivity contribution in [3.63, 3.8) is 0 Å². The molecular formula is C23H28N2O3S. The van der Waals surface area contributed by atoms with E-state index >= 15 is 0 Å². The molecule has 1 heterocycles. The van der Waals surface area contributed by atoms with Crippen molar-refractivity contribution in [2.24, 2.45) is 0 Å². The van der Waals surface area contributed by atoms with Crippen LogP contribution in [-0.2, 0) is 14.4 Å². The number of nitrogens with zero attached hydrogens (tertiary/aromatic N) is 1. The van der Waals surface area contributed by atoms with Gasteiger partial charge >= 0.3 is 6.09 Å². The fraction of sp³-hybridized carbons (Fsp3) is 0.391. The van der Waals surface area contributed by atoms with Gasteiger partial charge in [0.2, 0.25) is 4.87 Å². The van der Waals surface area contributed by atoms with Gasteiger partial charge in [0.1, 0.15) is 5.60 Å². The molecule has 154 valence electrons. The lowest BCUT2D eigenvalue weighted by molar-refractivity contribution is -0.121. The van der Waals surface area contributed by atoms with Crippen molar-refractivity contribution >= 4 is 29.4 Å². The summed E-state index contributed by atoms with van der Waals surface area (Å²) in [6.45, 7) is 10.1. The lowest BCUT2D eigenvalue weighted by atomic mass is 10.1. The van der Waals surface area contributed by atoms with E-state index in [-0.39, 0.29) is 5.91 Å². The molecule has 1 aliphatic heterocycles. The molecule has 1 atom stereocenters. The zero-order valence-electron chi connectivity index (χ0n) is 17.6. The molecule has 5 nitrogen and oxygen atoms in total. The van der Waals surface area contributed by atoms with E-state index in [1.165, 1.54) is 11.8 Å². The topological polar surface area (TPSA) is 58.6 Å². The molecule has 0 bridgehead atoms. The minimum atomic E-state index is -1.27. The molecule has 1 unspecified atom stereocenters. The fourth-order valence-corrected chi connectivity index (χ4v) is 4.58. The lowest BCUT2D eigenvalue weighted by Crippen LogP contribution is -2.52. The van der Waals surface area contributed by atoms with Gasteiger partial charge in [-0.1, -0.05) is 54.6 Å². The van der Waals surface area contributed by atoms with Crippen molar-refractivity contribution in [3.05, 3.63) is 59.7 Å². The maximum Gasteiger partial charge on any atom is 0.409 e. The molecule has 2 aromatic rings. The Bertz CT molecular complexity index is 905. The third-order valence-electron chi connectivity index (χ3n) is 4.54. The second-order valence-electron chi connectivity index (χ2n) is 8.20. The van der Waals surface area contributed by atoms with Crippen LogP contribution in [0.3, 0.4) is 0 Å². The first kappa shape index (κ1) is 21.2. The number of amides is 2. The number of hydrogen-bond acceptors (Lipinski definition) is 4. The van der Waals surface area contributed by atoms with Gasteiger partial charge in [0.25, 0.3) is 5.91 Å². The molecule has 0 aliphatic carbocycles. The Balaban J connectivity index is 2.08. The summed E-state index contributed by atoms with van der Waals surface area (Å²) in [4.78, 5) is 27.8. The molecule has 3 rings (SSSR count). The number of carbonyl (C=O) groups excluding carboxylic acids is 2. The average Bonchev–Trinajstić information content (AvgIpc) is 2.85. The number of anilines is 1. The van der Waals surface area contributed by atoms with Crippen LogP contribution in [0.25, 0.3) is 0 Å². The van der Waals surface area contributed by atoms with Crippen LogP contribution >= 0.6 is 11.8 Å². The summed E-state index contributed by atoms with van der Waals surface area (Å²) < 4.78 is 5.51. The normalized spacial score (nSPS) is 18.5. The van der Waals surface area contributed by atoms with Crippen LogP contribution < -0.4 is 10.2 Å².